The van der Waals surface area contributed by atoms with Gasteiger partial charge in [0.15, 0.2) is 0 Å². The number of carboxylic acid groups (broad SMARTS) is 1. The molecule has 0 saturated carbocycles. The van der Waals surface area contributed by atoms with E-state index in [-0.39, 0.29) is 0 Å². The zero-order chi connectivity index (χ0) is 11.3. The molecule has 0 aliphatic rings. The monoisotopic (exact) mass is 270 g/mol. The number of rotatable bonds is 3. The molecule has 1 amide bonds. The van der Waals surface area contributed by atoms with Crippen LogP contribution in [0.4, 0.5) is 0 Å². The Hall–Kier alpha value is -1.69. The molecular weight excluding hydrogens is 264 g/mol. The number of carboxylic acids is 1. The third-order valence-corrected chi connectivity index (χ3v) is 1.98. The number of hydrogen-bond acceptors (Lipinski definition) is 3. The second-order valence-corrected chi connectivity index (χ2v) is 3.46. The predicted octanol–water partition coefficient (Wildman–Crippen LogP) is 1.25. The van der Waals surface area contributed by atoms with Gasteiger partial charge in [0.25, 0.3) is 5.91 Å². The molecule has 0 aliphatic heterocycles. The van der Waals surface area contributed by atoms with Gasteiger partial charge in [0.1, 0.15) is 6.21 Å². The molecule has 0 bridgehead atoms. The summed E-state index contributed by atoms with van der Waals surface area (Å²) in [5.41, 5.74) is 2.49. The van der Waals surface area contributed by atoms with Crippen molar-refractivity contribution >= 4 is 34.0 Å². The smallest absolute Gasteiger partial charge is 0.348 e. The van der Waals surface area contributed by atoms with Crippen LogP contribution in [0.3, 0.4) is 0 Å². The SMILES string of the molecule is O=C(O)/C=N/NC(=O)c1ccc(Br)cc1. The first-order valence-corrected chi connectivity index (χ1v) is 4.71. The maximum atomic E-state index is 11.3. The van der Waals surface area contributed by atoms with Crippen molar-refractivity contribution in [2.45, 2.75) is 0 Å². The van der Waals surface area contributed by atoms with Gasteiger partial charge >= 0.3 is 5.97 Å². The molecule has 0 saturated heterocycles. The van der Waals surface area contributed by atoms with Crippen molar-refractivity contribution < 1.29 is 14.7 Å². The summed E-state index contributed by atoms with van der Waals surface area (Å²) in [6.07, 6.45) is 0.608. The Morgan fingerprint density at radius 1 is 1.33 bits per heavy atom. The molecule has 1 aromatic carbocycles. The molecule has 0 radical (unpaired) electrons. The molecule has 5 nitrogen and oxygen atoms in total. The van der Waals surface area contributed by atoms with Crippen molar-refractivity contribution in [1.29, 1.82) is 0 Å². The Bertz CT molecular complexity index is 400. The minimum atomic E-state index is -1.22. The maximum Gasteiger partial charge on any atom is 0.348 e. The molecule has 0 atom stereocenters. The molecular formula is C9H7BrN2O3. The lowest BCUT2D eigenvalue weighted by atomic mass is 10.2. The topological polar surface area (TPSA) is 78.8 Å². The van der Waals surface area contributed by atoms with E-state index in [2.05, 4.69) is 26.5 Å². The van der Waals surface area contributed by atoms with E-state index < -0.39 is 11.9 Å². The van der Waals surface area contributed by atoms with Crippen molar-refractivity contribution in [1.82, 2.24) is 5.43 Å². The van der Waals surface area contributed by atoms with Crippen LogP contribution in [-0.4, -0.2) is 23.2 Å². The predicted molar refractivity (Wildman–Crippen MR) is 57.7 cm³/mol. The van der Waals surface area contributed by atoms with Gasteiger partial charge in [-0.1, -0.05) is 15.9 Å². The van der Waals surface area contributed by atoms with Gasteiger partial charge in [-0.3, -0.25) is 4.79 Å². The van der Waals surface area contributed by atoms with Gasteiger partial charge in [-0.05, 0) is 24.3 Å². The van der Waals surface area contributed by atoms with E-state index in [9.17, 15) is 9.59 Å². The molecule has 2 N–H and O–H groups in total. The van der Waals surface area contributed by atoms with Crippen molar-refractivity contribution in [3.05, 3.63) is 34.3 Å². The number of nitrogens with one attached hydrogen (secondary N) is 1. The molecule has 1 aromatic rings. The quantitative estimate of drug-likeness (QED) is 0.641. The first kappa shape index (κ1) is 11.4. The first-order chi connectivity index (χ1) is 7.09. The van der Waals surface area contributed by atoms with Crippen LogP contribution in [0.5, 0.6) is 0 Å². The molecule has 0 heterocycles. The summed E-state index contributed by atoms with van der Waals surface area (Å²) in [7, 11) is 0. The number of hydrogen-bond donors (Lipinski definition) is 2. The van der Waals surface area contributed by atoms with Crippen molar-refractivity contribution in [2.24, 2.45) is 5.10 Å². The zero-order valence-corrected chi connectivity index (χ0v) is 9.06. The standard InChI is InChI=1S/C9H7BrN2O3/c10-7-3-1-6(2-4-7)9(15)12-11-5-8(13)14/h1-5H,(H,12,15)(H,13,14)/b11-5+. The van der Waals surface area contributed by atoms with Gasteiger partial charge in [-0.15, -0.1) is 0 Å². The van der Waals surface area contributed by atoms with E-state index in [0.29, 0.717) is 11.8 Å². The Balaban J connectivity index is 2.62. The van der Waals surface area contributed by atoms with Gasteiger partial charge in [0, 0.05) is 10.0 Å². The van der Waals surface area contributed by atoms with E-state index in [1.807, 2.05) is 0 Å². The Morgan fingerprint density at radius 2 is 1.93 bits per heavy atom. The number of hydrazone groups is 1. The number of benzene rings is 1. The fourth-order valence-electron chi connectivity index (χ4n) is 0.812. The average Bonchev–Trinajstić information content (AvgIpc) is 2.18. The number of amides is 1. The van der Waals surface area contributed by atoms with Crippen molar-refractivity contribution in [2.75, 3.05) is 0 Å². The molecule has 0 unspecified atom stereocenters. The third-order valence-electron chi connectivity index (χ3n) is 1.45. The fourth-order valence-corrected chi connectivity index (χ4v) is 1.08. The van der Waals surface area contributed by atoms with Gasteiger partial charge in [0.05, 0.1) is 0 Å². The minimum Gasteiger partial charge on any atom is -0.477 e. The zero-order valence-electron chi connectivity index (χ0n) is 7.48. The van der Waals surface area contributed by atoms with Crippen LogP contribution >= 0.6 is 15.9 Å². The normalized spacial score (nSPS) is 10.2. The highest BCUT2D eigenvalue weighted by molar-refractivity contribution is 9.10. The number of carbonyl (C=O) groups excluding carboxylic acids is 1. The summed E-state index contributed by atoms with van der Waals surface area (Å²) in [4.78, 5) is 21.4. The summed E-state index contributed by atoms with van der Waals surface area (Å²) in [6, 6.07) is 6.59. The van der Waals surface area contributed by atoms with Crippen LogP contribution in [0.1, 0.15) is 10.4 Å². The van der Waals surface area contributed by atoms with Crippen LogP contribution < -0.4 is 5.43 Å². The van der Waals surface area contributed by atoms with Crippen molar-refractivity contribution in [3.63, 3.8) is 0 Å². The minimum absolute atomic E-state index is 0.403. The molecule has 15 heavy (non-hydrogen) atoms. The number of carbonyl (C=O) groups is 2. The molecule has 6 heteroatoms. The van der Waals surface area contributed by atoms with E-state index in [0.717, 1.165) is 4.47 Å². The van der Waals surface area contributed by atoms with Crippen LogP contribution in [0.25, 0.3) is 0 Å². The highest BCUT2D eigenvalue weighted by Crippen LogP contribution is 2.10. The second kappa shape index (κ2) is 5.26. The molecule has 0 spiro atoms. The highest BCUT2D eigenvalue weighted by Gasteiger charge is 2.02. The molecule has 0 aromatic heterocycles. The number of aliphatic carboxylic acids is 1. The average molecular weight is 271 g/mol. The molecule has 0 fully saturated rings. The Kier molecular flexibility index (Phi) is 3.99. The largest absolute Gasteiger partial charge is 0.477 e. The van der Waals surface area contributed by atoms with Gasteiger partial charge < -0.3 is 5.11 Å². The highest BCUT2D eigenvalue weighted by atomic mass is 79.9. The van der Waals surface area contributed by atoms with E-state index >= 15 is 0 Å². The lowest BCUT2D eigenvalue weighted by Gasteiger charge is -1.98. The summed E-state index contributed by atoms with van der Waals surface area (Å²) in [6.45, 7) is 0. The molecule has 0 aliphatic carbocycles. The van der Waals surface area contributed by atoms with Crippen LogP contribution in [-0.2, 0) is 4.79 Å². The summed E-state index contributed by atoms with van der Waals surface area (Å²) >= 11 is 3.23. The third kappa shape index (κ3) is 3.90. The van der Waals surface area contributed by atoms with Crippen LogP contribution in [0.2, 0.25) is 0 Å². The lowest BCUT2D eigenvalue weighted by molar-refractivity contribution is -0.128. The van der Waals surface area contributed by atoms with E-state index in [4.69, 9.17) is 5.11 Å². The van der Waals surface area contributed by atoms with E-state index in [1.165, 1.54) is 0 Å². The maximum absolute atomic E-state index is 11.3. The fraction of sp³-hybridized carbons (Fsp3) is 0. The molecule has 1 rings (SSSR count). The Labute approximate surface area is 93.9 Å². The van der Waals surface area contributed by atoms with E-state index in [1.54, 1.807) is 24.3 Å². The van der Waals surface area contributed by atoms with Crippen molar-refractivity contribution in [3.8, 4) is 0 Å². The Morgan fingerprint density at radius 3 is 2.47 bits per heavy atom. The molecule has 78 valence electrons. The number of halogens is 1. The second-order valence-electron chi connectivity index (χ2n) is 2.54. The summed E-state index contributed by atoms with van der Waals surface area (Å²) < 4.78 is 0.855. The van der Waals surface area contributed by atoms with Gasteiger partial charge in [-0.25, -0.2) is 10.2 Å². The van der Waals surface area contributed by atoms with Crippen LogP contribution in [0.15, 0.2) is 33.8 Å². The van der Waals surface area contributed by atoms with Crippen LogP contribution in [0, 0.1) is 0 Å². The number of nitrogens with zero attached hydrogens (tertiary/aromatic N) is 1. The first-order valence-electron chi connectivity index (χ1n) is 3.91. The van der Waals surface area contributed by atoms with Gasteiger partial charge in [0.2, 0.25) is 0 Å². The summed E-state index contributed by atoms with van der Waals surface area (Å²) in [5, 5.41) is 11.5. The summed E-state index contributed by atoms with van der Waals surface area (Å²) in [5.74, 6) is -1.67. The lowest BCUT2D eigenvalue weighted by Crippen LogP contribution is -2.18. The van der Waals surface area contributed by atoms with Gasteiger partial charge in [-0.2, -0.15) is 5.10 Å².